The molecule has 1 atom stereocenters. The summed E-state index contributed by atoms with van der Waals surface area (Å²) in [4.78, 5) is 58.5. The standard InChI is InChI=1S/C54H59N7O8S/c1-36-30-37(2)48(38(3)31-36)70(66,67)59-45(50(64)68-7)34-57-49(63)44-35-60(28-17-26-56-52(65)69-53(4,5)6)46-32-39(24-25-43(46)47(44)62)33-58-51-55-27-29-61(51)54(40-18-11-8-12-19-40,41-20-13-9-14-21-41)42-22-15-10-16-23-42/h8-16,18-25,27,29-32,35,45,59H,17,26,28,33-34H2,1-7H3,(H,55,58)(H,56,65)(H,57,63). The zero-order chi connectivity index (χ0) is 50.2. The lowest BCUT2D eigenvalue weighted by Gasteiger charge is -2.38. The summed E-state index contributed by atoms with van der Waals surface area (Å²) in [5, 5.41) is 9.16. The molecule has 15 nitrogen and oxygen atoms in total. The van der Waals surface area contributed by atoms with E-state index in [-0.39, 0.29) is 28.9 Å². The molecule has 7 aromatic rings. The number of hydrogen-bond acceptors (Lipinski definition) is 10. The van der Waals surface area contributed by atoms with Gasteiger partial charge < -0.3 is 30.0 Å². The first-order valence-corrected chi connectivity index (χ1v) is 24.4. The van der Waals surface area contributed by atoms with E-state index in [9.17, 15) is 27.6 Å². The summed E-state index contributed by atoms with van der Waals surface area (Å²) < 4.78 is 43.9. The van der Waals surface area contributed by atoms with Gasteiger partial charge in [0.05, 0.1) is 17.5 Å². The number of rotatable bonds is 18. The number of benzene rings is 5. The van der Waals surface area contributed by atoms with E-state index >= 15 is 0 Å². The van der Waals surface area contributed by atoms with Crippen molar-refractivity contribution in [3.63, 3.8) is 0 Å². The van der Waals surface area contributed by atoms with Crippen molar-refractivity contribution in [3.8, 4) is 0 Å². The first-order valence-electron chi connectivity index (χ1n) is 23.0. The number of anilines is 1. The second-order valence-electron chi connectivity index (χ2n) is 18.1. The minimum atomic E-state index is -4.27. The highest BCUT2D eigenvalue weighted by molar-refractivity contribution is 7.89. The molecule has 1 unspecified atom stereocenters. The van der Waals surface area contributed by atoms with Crippen molar-refractivity contribution in [2.75, 3.05) is 25.5 Å². The summed E-state index contributed by atoms with van der Waals surface area (Å²) in [6.07, 6.45) is 4.96. The number of ether oxygens (including phenoxy) is 2. The van der Waals surface area contributed by atoms with Crippen LogP contribution >= 0.6 is 0 Å². The average Bonchev–Trinajstić information content (AvgIpc) is 3.80. The van der Waals surface area contributed by atoms with Gasteiger partial charge in [0.25, 0.3) is 5.91 Å². The SMILES string of the molecule is COC(=O)C(CNC(=O)c1cn(CCCNC(=O)OC(C)(C)C)c2cc(CNc3nccn3C(c3ccccc3)(c3ccccc3)c3ccccc3)ccc2c1=O)NS(=O)(=O)c1c(C)cc(C)cc1C. The molecule has 5 aromatic carbocycles. The third-order valence-electron chi connectivity index (χ3n) is 11.8. The van der Waals surface area contributed by atoms with Gasteiger partial charge in [-0.15, -0.1) is 0 Å². The van der Waals surface area contributed by atoms with Crippen LogP contribution in [0.1, 0.15) is 76.5 Å². The van der Waals surface area contributed by atoms with Gasteiger partial charge in [-0.05, 0) is 93.5 Å². The molecule has 2 aromatic heterocycles. The fourth-order valence-electron chi connectivity index (χ4n) is 8.93. The van der Waals surface area contributed by atoms with Gasteiger partial charge in [0, 0.05) is 50.2 Å². The number of imidazole rings is 1. The molecular formula is C54H59N7O8S. The molecule has 0 radical (unpaired) electrons. The summed E-state index contributed by atoms with van der Waals surface area (Å²) >= 11 is 0. The van der Waals surface area contributed by atoms with Gasteiger partial charge in [-0.3, -0.25) is 19.0 Å². The molecule has 0 saturated carbocycles. The monoisotopic (exact) mass is 965 g/mol. The number of pyridine rings is 1. The maximum Gasteiger partial charge on any atom is 0.407 e. The molecule has 0 aliphatic rings. The van der Waals surface area contributed by atoms with Gasteiger partial charge in [0.2, 0.25) is 21.4 Å². The number of esters is 1. The Morgan fingerprint density at radius 2 is 1.37 bits per heavy atom. The summed E-state index contributed by atoms with van der Waals surface area (Å²) in [5.74, 6) is -1.18. The van der Waals surface area contributed by atoms with Crippen LogP contribution in [-0.2, 0) is 42.9 Å². The lowest BCUT2D eigenvalue weighted by atomic mass is 9.76. The van der Waals surface area contributed by atoms with Crippen molar-refractivity contribution in [1.29, 1.82) is 0 Å². The Labute approximate surface area is 408 Å². The number of sulfonamides is 1. The van der Waals surface area contributed by atoms with Crippen LogP contribution in [0.25, 0.3) is 10.9 Å². The maximum atomic E-state index is 14.3. The number of carbonyl (C=O) groups excluding carboxylic acids is 3. The summed E-state index contributed by atoms with van der Waals surface area (Å²) in [6, 6.07) is 38.0. The minimum absolute atomic E-state index is 0.0105. The van der Waals surface area contributed by atoms with E-state index in [1.165, 1.54) is 6.20 Å². The van der Waals surface area contributed by atoms with E-state index < -0.39 is 57.1 Å². The molecule has 2 heterocycles. The van der Waals surface area contributed by atoms with Crippen LogP contribution in [0.5, 0.6) is 0 Å². The van der Waals surface area contributed by atoms with Crippen LogP contribution in [0.2, 0.25) is 0 Å². The summed E-state index contributed by atoms with van der Waals surface area (Å²) in [7, 11) is -3.16. The van der Waals surface area contributed by atoms with Gasteiger partial charge in [-0.25, -0.2) is 18.2 Å². The summed E-state index contributed by atoms with van der Waals surface area (Å²) in [5.41, 5.74) is 3.91. The number of amides is 2. The van der Waals surface area contributed by atoms with Crippen LogP contribution in [-0.4, -0.2) is 72.3 Å². The molecule has 7 rings (SSSR count). The van der Waals surface area contributed by atoms with Gasteiger partial charge in [-0.2, -0.15) is 4.72 Å². The molecule has 4 N–H and O–H groups in total. The number of alkyl carbamates (subject to hydrolysis) is 1. The minimum Gasteiger partial charge on any atom is -0.468 e. The smallest absolute Gasteiger partial charge is 0.407 e. The number of fused-ring (bicyclic) bond motifs is 1. The van der Waals surface area contributed by atoms with Crippen LogP contribution in [0.15, 0.2) is 150 Å². The molecule has 0 saturated heterocycles. The Morgan fingerprint density at radius 3 is 1.93 bits per heavy atom. The number of aromatic nitrogens is 3. The van der Waals surface area contributed by atoms with Crippen molar-refractivity contribution in [2.24, 2.45) is 0 Å². The number of nitrogens with one attached hydrogen (secondary N) is 4. The Morgan fingerprint density at radius 1 is 0.786 bits per heavy atom. The highest BCUT2D eigenvalue weighted by atomic mass is 32.2. The second-order valence-corrected chi connectivity index (χ2v) is 19.8. The number of aryl methyl sites for hydroxylation is 4. The largest absolute Gasteiger partial charge is 0.468 e. The molecular weight excluding hydrogens is 907 g/mol. The number of methoxy groups -OCH3 is 1. The molecule has 2 amide bonds. The van der Waals surface area contributed by atoms with Crippen LogP contribution in [0.3, 0.4) is 0 Å². The van der Waals surface area contributed by atoms with E-state index in [1.807, 2.05) is 73.8 Å². The molecule has 0 spiro atoms. The van der Waals surface area contributed by atoms with Gasteiger partial charge in [0.1, 0.15) is 22.7 Å². The highest BCUT2D eigenvalue weighted by Crippen LogP contribution is 2.42. The first-order chi connectivity index (χ1) is 33.4. The van der Waals surface area contributed by atoms with E-state index in [0.717, 1.165) is 34.9 Å². The van der Waals surface area contributed by atoms with Crippen LogP contribution < -0.4 is 26.1 Å². The third kappa shape index (κ3) is 11.1. The van der Waals surface area contributed by atoms with E-state index in [0.29, 0.717) is 35.6 Å². The number of hydrogen-bond donors (Lipinski definition) is 4. The Hall–Kier alpha value is -7.56. The molecule has 0 aliphatic heterocycles. The van der Waals surface area contributed by atoms with E-state index in [2.05, 4.69) is 61.6 Å². The van der Waals surface area contributed by atoms with Crippen LogP contribution in [0, 0.1) is 20.8 Å². The van der Waals surface area contributed by atoms with E-state index in [4.69, 9.17) is 14.5 Å². The topological polar surface area (TPSA) is 192 Å². The number of nitrogens with zero attached hydrogens (tertiary/aromatic N) is 3. The second kappa shape index (κ2) is 21.4. The van der Waals surface area contributed by atoms with Gasteiger partial charge >= 0.3 is 12.1 Å². The van der Waals surface area contributed by atoms with Crippen molar-refractivity contribution < 1.29 is 32.3 Å². The Balaban J connectivity index is 1.20. The van der Waals surface area contributed by atoms with Crippen molar-refractivity contribution in [2.45, 2.75) is 83.1 Å². The predicted molar refractivity (Wildman–Crippen MR) is 270 cm³/mol. The van der Waals surface area contributed by atoms with E-state index in [1.54, 1.807) is 69.6 Å². The normalized spacial score (nSPS) is 12.3. The molecule has 0 aliphatic carbocycles. The lowest BCUT2D eigenvalue weighted by molar-refractivity contribution is -0.142. The molecule has 0 bridgehead atoms. The number of carbonyl (C=O) groups is 3. The van der Waals surface area contributed by atoms with Crippen molar-refractivity contribution >= 4 is 44.8 Å². The molecule has 16 heteroatoms. The van der Waals surface area contributed by atoms with Gasteiger partial charge in [0.15, 0.2) is 0 Å². The highest BCUT2D eigenvalue weighted by Gasteiger charge is 2.40. The zero-order valence-corrected chi connectivity index (χ0v) is 41.2. The van der Waals surface area contributed by atoms with Crippen molar-refractivity contribution in [3.05, 3.63) is 195 Å². The van der Waals surface area contributed by atoms with Crippen molar-refractivity contribution in [1.82, 2.24) is 29.5 Å². The zero-order valence-electron chi connectivity index (χ0n) is 40.4. The molecule has 364 valence electrons. The quantitative estimate of drug-likeness (QED) is 0.0376. The first kappa shape index (κ1) is 50.3. The Bertz CT molecular complexity index is 3050. The molecule has 70 heavy (non-hydrogen) atoms. The average molecular weight is 966 g/mol. The molecule has 0 fully saturated rings. The van der Waals surface area contributed by atoms with Gasteiger partial charge in [-0.1, -0.05) is 115 Å². The fourth-order valence-corrected chi connectivity index (χ4v) is 10.6. The third-order valence-corrected chi connectivity index (χ3v) is 13.6. The summed E-state index contributed by atoms with van der Waals surface area (Å²) in [6.45, 7) is 10.7. The lowest BCUT2D eigenvalue weighted by Crippen LogP contribution is -2.49. The predicted octanol–water partition coefficient (Wildman–Crippen LogP) is 7.74. The Kier molecular flexibility index (Phi) is 15.4. The maximum absolute atomic E-state index is 14.3. The fraction of sp³-hybridized carbons (Fsp3) is 0.278. The van der Waals surface area contributed by atoms with Crippen LogP contribution in [0.4, 0.5) is 10.7 Å².